The molecule has 9 N–H and O–H groups in total. The number of nitrogens with zero attached hydrogens (tertiary/aromatic N) is 1. The lowest BCUT2D eigenvalue weighted by Gasteiger charge is -2.30. The molecule has 0 saturated carbocycles. The van der Waals surface area contributed by atoms with Crippen molar-refractivity contribution in [3.8, 4) is 6.07 Å². The molecule has 0 unspecified atom stereocenters. The van der Waals surface area contributed by atoms with Crippen LogP contribution < -0.4 is 16.0 Å². The maximum absolute atomic E-state index is 10.6. The number of rotatable bonds is 9. The number of aliphatic hydroxyl groups is 6. The van der Waals surface area contributed by atoms with Crippen molar-refractivity contribution in [1.82, 2.24) is 0 Å². The molecule has 0 fully saturated rings. The van der Waals surface area contributed by atoms with Crippen LogP contribution >= 0.6 is 0 Å². The standard InChI is InChI=1S/C26H30N4O6/c1-23(31,32)28-20-10-4-17(5-11-20)26(16-27,18-6-12-21(13-7-18)29-24(2,33)34)19-8-14-22(15-9-19)30-25(3,35)36/h4-15,28-36H,1-3H3. The first-order valence-electron chi connectivity index (χ1n) is 11.0. The minimum Gasteiger partial charge on any atom is -0.349 e. The summed E-state index contributed by atoms with van der Waals surface area (Å²) in [6.07, 6.45) is 0. The van der Waals surface area contributed by atoms with Crippen LogP contribution in [0.2, 0.25) is 0 Å². The summed E-state index contributed by atoms with van der Waals surface area (Å²) in [5, 5.41) is 75.9. The second-order valence-electron chi connectivity index (χ2n) is 9.03. The van der Waals surface area contributed by atoms with Crippen LogP contribution in [-0.2, 0) is 5.41 Å². The smallest absolute Gasteiger partial charge is 0.241 e. The third-order valence-electron chi connectivity index (χ3n) is 5.26. The molecule has 0 atom stereocenters. The van der Waals surface area contributed by atoms with Crippen molar-refractivity contribution in [2.75, 3.05) is 16.0 Å². The molecule has 3 aromatic rings. The SMILES string of the molecule is CC(O)(O)Nc1ccc(C(C#N)(c2ccc(NC(C)(O)O)cc2)c2ccc(NC(C)(O)O)cc2)cc1. The maximum atomic E-state index is 10.6. The lowest BCUT2D eigenvalue weighted by molar-refractivity contribution is -0.119. The zero-order valence-corrected chi connectivity index (χ0v) is 20.1. The minimum atomic E-state index is -2.12. The molecule has 3 aromatic carbocycles. The molecule has 10 heteroatoms. The molecule has 0 spiro atoms. The van der Waals surface area contributed by atoms with E-state index in [0.29, 0.717) is 33.8 Å². The fraction of sp³-hybridized carbons (Fsp3) is 0.269. The Hall–Kier alpha value is -3.69. The van der Waals surface area contributed by atoms with Gasteiger partial charge in [-0.15, -0.1) is 0 Å². The first-order valence-corrected chi connectivity index (χ1v) is 11.0. The van der Waals surface area contributed by atoms with Gasteiger partial charge in [0.2, 0.25) is 17.7 Å². The van der Waals surface area contributed by atoms with Gasteiger partial charge in [-0.25, -0.2) is 0 Å². The van der Waals surface area contributed by atoms with Crippen LogP contribution in [-0.4, -0.2) is 48.4 Å². The van der Waals surface area contributed by atoms with Crippen LogP contribution in [0.15, 0.2) is 72.8 Å². The number of hydrogen-bond donors (Lipinski definition) is 9. The summed E-state index contributed by atoms with van der Waals surface area (Å²) in [4.78, 5) is 0. The van der Waals surface area contributed by atoms with E-state index < -0.39 is 23.1 Å². The summed E-state index contributed by atoms with van der Waals surface area (Å²) in [5.41, 5.74) is 1.70. The molecule has 0 aliphatic rings. The molecule has 0 heterocycles. The van der Waals surface area contributed by atoms with Gasteiger partial charge in [0.1, 0.15) is 5.41 Å². The molecule has 0 bridgehead atoms. The fourth-order valence-electron chi connectivity index (χ4n) is 3.92. The third-order valence-corrected chi connectivity index (χ3v) is 5.26. The van der Waals surface area contributed by atoms with Gasteiger partial charge < -0.3 is 46.6 Å². The van der Waals surface area contributed by atoms with E-state index in [-0.39, 0.29) is 0 Å². The maximum Gasteiger partial charge on any atom is 0.241 e. The molecule has 10 nitrogen and oxygen atoms in total. The Kier molecular flexibility index (Phi) is 7.29. The average molecular weight is 495 g/mol. The van der Waals surface area contributed by atoms with Crippen molar-refractivity contribution in [1.29, 1.82) is 5.26 Å². The topological polar surface area (TPSA) is 181 Å². The highest BCUT2D eigenvalue weighted by Gasteiger charge is 2.37. The molecule has 0 radical (unpaired) electrons. The Labute approximate surface area is 208 Å². The largest absolute Gasteiger partial charge is 0.349 e. The van der Waals surface area contributed by atoms with E-state index in [1.165, 1.54) is 20.8 Å². The van der Waals surface area contributed by atoms with Gasteiger partial charge in [0.15, 0.2) is 0 Å². The van der Waals surface area contributed by atoms with Gasteiger partial charge in [-0.2, -0.15) is 5.26 Å². The Balaban J connectivity index is 2.12. The molecular formula is C26H30N4O6. The van der Waals surface area contributed by atoms with Crippen molar-refractivity contribution in [3.05, 3.63) is 89.5 Å². The summed E-state index contributed by atoms with van der Waals surface area (Å²) in [7, 11) is 0. The van der Waals surface area contributed by atoms with Crippen LogP contribution in [0.1, 0.15) is 37.5 Å². The Morgan fingerprint density at radius 2 is 0.722 bits per heavy atom. The first kappa shape index (κ1) is 26.9. The summed E-state index contributed by atoms with van der Waals surface area (Å²) in [6, 6.07) is 22.2. The van der Waals surface area contributed by atoms with Crippen molar-refractivity contribution in [2.24, 2.45) is 0 Å². The van der Waals surface area contributed by atoms with Gasteiger partial charge in [0, 0.05) is 37.8 Å². The van der Waals surface area contributed by atoms with Crippen molar-refractivity contribution in [3.63, 3.8) is 0 Å². The van der Waals surface area contributed by atoms with Crippen LogP contribution in [0, 0.1) is 11.3 Å². The van der Waals surface area contributed by atoms with E-state index in [9.17, 15) is 35.9 Å². The number of benzene rings is 3. The summed E-state index contributed by atoms with van der Waals surface area (Å²) in [6.45, 7) is 3.54. The monoisotopic (exact) mass is 494 g/mol. The number of nitrogens with one attached hydrogen (secondary N) is 3. The van der Waals surface area contributed by atoms with E-state index >= 15 is 0 Å². The van der Waals surface area contributed by atoms with Gasteiger partial charge in [-0.05, 0) is 53.1 Å². The Morgan fingerprint density at radius 1 is 0.500 bits per heavy atom. The van der Waals surface area contributed by atoms with Gasteiger partial charge in [0.25, 0.3) is 0 Å². The molecule has 3 rings (SSSR count). The molecule has 36 heavy (non-hydrogen) atoms. The fourth-order valence-corrected chi connectivity index (χ4v) is 3.92. The molecule has 0 amide bonds. The normalized spacial score (nSPS) is 12.6. The van der Waals surface area contributed by atoms with Gasteiger partial charge in [-0.3, -0.25) is 0 Å². The van der Waals surface area contributed by atoms with Crippen LogP contribution in [0.3, 0.4) is 0 Å². The van der Waals surface area contributed by atoms with Crippen LogP contribution in [0.25, 0.3) is 0 Å². The lowest BCUT2D eigenvalue weighted by atomic mass is 9.70. The summed E-state index contributed by atoms with van der Waals surface area (Å²) < 4.78 is 0. The van der Waals surface area contributed by atoms with Crippen LogP contribution in [0.5, 0.6) is 0 Å². The summed E-state index contributed by atoms with van der Waals surface area (Å²) in [5.74, 6) is -6.37. The lowest BCUT2D eigenvalue weighted by Crippen LogP contribution is -2.34. The Bertz CT molecular complexity index is 1060. The van der Waals surface area contributed by atoms with Gasteiger partial charge in [0.05, 0.1) is 6.07 Å². The molecule has 190 valence electrons. The van der Waals surface area contributed by atoms with Crippen molar-refractivity contribution >= 4 is 17.1 Å². The predicted molar refractivity (Wildman–Crippen MR) is 134 cm³/mol. The van der Waals surface area contributed by atoms with Crippen molar-refractivity contribution < 1.29 is 30.6 Å². The van der Waals surface area contributed by atoms with E-state index in [1.807, 2.05) is 0 Å². The van der Waals surface area contributed by atoms with E-state index in [0.717, 1.165) is 0 Å². The number of nitriles is 1. The molecule has 0 aromatic heterocycles. The van der Waals surface area contributed by atoms with Crippen molar-refractivity contribution in [2.45, 2.75) is 43.9 Å². The van der Waals surface area contributed by atoms with Gasteiger partial charge >= 0.3 is 0 Å². The first-order chi connectivity index (χ1) is 16.6. The van der Waals surface area contributed by atoms with E-state index in [4.69, 9.17) is 0 Å². The van der Waals surface area contributed by atoms with Gasteiger partial charge in [-0.1, -0.05) is 36.4 Å². The Morgan fingerprint density at radius 3 is 0.889 bits per heavy atom. The quantitative estimate of drug-likeness (QED) is 0.157. The number of anilines is 3. The molecule has 0 aliphatic carbocycles. The average Bonchev–Trinajstić information content (AvgIpc) is 2.74. The second kappa shape index (κ2) is 9.75. The zero-order valence-electron chi connectivity index (χ0n) is 20.1. The second-order valence-corrected chi connectivity index (χ2v) is 9.03. The third kappa shape index (κ3) is 6.71. The van der Waals surface area contributed by atoms with Crippen LogP contribution in [0.4, 0.5) is 17.1 Å². The predicted octanol–water partition coefficient (Wildman–Crippen LogP) is 1.76. The van der Waals surface area contributed by atoms with E-state index in [2.05, 4.69) is 22.0 Å². The van der Waals surface area contributed by atoms with E-state index in [1.54, 1.807) is 72.8 Å². The highest BCUT2D eigenvalue weighted by Crippen LogP contribution is 2.40. The molecular weight excluding hydrogens is 464 g/mol. The minimum absolute atomic E-state index is 0.424. The number of hydrogen-bond acceptors (Lipinski definition) is 10. The zero-order chi connectivity index (χ0) is 26.8. The molecule has 0 aliphatic heterocycles. The molecule has 0 saturated heterocycles. The highest BCUT2D eigenvalue weighted by molar-refractivity contribution is 5.62. The summed E-state index contributed by atoms with van der Waals surface area (Å²) >= 11 is 0. The highest BCUT2D eigenvalue weighted by atomic mass is 16.5.